The number of aromatic nitrogens is 3. The molecule has 0 spiro atoms. The highest BCUT2D eigenvalue weighted by Gasteiger charge is 2.27. The Balaban J connectivity index is 1.95. The molecule has 0 bridgehead atoms. The van der Waals surface area contributed by atoms with E-state index in [4.69, 9.17) is 0 Å². The molecule has 0 aliphatic heterocycles. The van der Waals surface area contributed by atoms with Gasteiger partial charge in [0.2, 0.25) is 0 Å². The van der Waals surface area contributed by atoms with Crippen LogP contribution in [0.3, 0.4) is 0 Å². The summed E-state index contributed by atoms with van der Waals surface area (Å²) >= 11 is 0. The maximum absolute atomic E-state index is 12.3. The SMILES string of the molecule is CCC1CCCC(C(=O)Cc2ncnn2CC)C1. The van der Waals surface area contributed by atoms with Gasteiger partial charge in [-0.1, -0.05) is 26.2 Å². The summed E-state index contributed by atoms with van der Waals surface area (Å²) in [6, 6.07) is 0. The van der Waals surface area contributed by atoms with Crippen LogP contribution >= 0.6 is 0 Å². The van der Waals surface area contributed by atoms with Gasteiger partial charge in [0.1, 0.15) is 17.9 Å². The number of hydrogen-bond donors (Lipinski definition) is 0. The third kappa shape index (κ3) is 2.98. The minimum Gasteiger partial charge on any atom is -0.299 e. The molecule has 1 aromatic heterocycles. The minimum absolute atomic E-state index is 0.255. The molecule has 4 nitrogen and oxygen atoms in total. The molecule has 1 aliphatic rings. The molecule has 2 unspecified atom stereocenters. The van der Waals surface area contributed by atoms with Crippen molar-refractivity contribution in [2.45, 2.75) is 58.9 Å². The van der Waals surface area contributed by atoms with Gasteiger partial charge in [0.15, 0.2) is 0 Å². The van der Waals surface area contributed by atoms with Crippen LogP contribution in [-0.4, -0.2) is 20.5 Å². The van der Waals surface area contributed by atoms with E-state index in [-0.39, 0.29) is 5.92 Å². The first kappa shape index (κ1) is 13.2. The lowest BCUT2D eigenvalue weighted by Gasteiger charge is -2.27. The summed E-state index contributed by atoms with van der Waals surface area (Å²) in [4.78, 5) is 16.5. The number of carbonyl (C=O) groups excluding carboxylic acids is 1. The fraction of sp³-hybridized carbons (Fsp3) is 0.786. The molecule has 0 N–H and O–H groups in total. The summed E-state index contributed by atoms with van der Waals surface area (Å²) < 4.78 is 1.82. The molecule has 100 valence electrons. The molecule has 1 fully saturated rings. The van der Waals surface area contributed by atoms with Crippen molar-refractivity contribution in [3.8, 4) is 0 Å². The van der Waals surface area contributed by atoms with Gasteiger partial charge in [-0.2, -0.15) is 5.10 Å². The fourth-order valence-electron chi connectivity index (χ4n) is 2.94. The van der Waals surface area contributed by atoms with Crippen LogP contribution in [0, 0.1) is 11.8 Å². The third-order valence-corrected chi connectivity index (χ3v) is 4.14. The number of aryl methyl sites for hydroxylation is 1. The number of ketones is 1. The minimum atomic E-state index is 0.255. The largest absolute Gasteiger partial charge is 0.299 e. The number of Topliss-reactive ketones (excluding diaryl/α,β-unsaturated/α-hetero) is 1. The first-order valence-corrected chi connectivity index (χ1v) is 7.14. The van der Waals surface area contributed by atoms with Gasteiger partial charge in [-0.15, -0.1) is 0 Å². The zero-order valence-electron chi connectivity index (χ0n) is 11.4. The average Bonchev–Trinajstić information content (AvgIpc) is 2.86. The molecular weight excluding hydrogens is 226 g/mol. The first-order chi connectivity index (χ1) is 8.74. The topological polar surface area (TPSA) is 47.8 Å². The smallest absolute Gasteiger partial charge is 0.143 e. The zero-order valence-corrected chi connectivity index (χ0v) is 11.4. The van der Waals surface area contributed by atoms with Crippen molar-refractivity contribution in [3.05, 3.63) is 12.2 Å². The summed E-state index contributed by atoms with van der Waals surface area (Å²) in [6.07, 6.45) is 7.84. The monoisotopic (exact) mass is 249 g/mol. The summed E-state index contributed by atoms with van der Waals surface area (Å²) in [5, 5.41) is 4.12. The lowest BCUT2D eigenvalue weighted by molar-refractivity contribution is -0.123. The van der Waals surface area contributed by atoms with Gasteiger partial charge in [-0.3, -0.25) is 4.79 Å². The number of nitrogens with zero attached hydrogens (tertiary/aromatic N) is 3. The van der Waals surface area contributed by atoms with Crippen molar-refractivity contribution in [1.82, 2.24) is 14.8 Å². The lowest BCUT2D eigenvalue weighted by Crippen LogP contribution is -2.25. The standard InChI is InChI=1S/C14H23N3O/c1-3-11-6-5-7-12(8-11)13(18)9-14-15-10-16-17(14)4-2/h10-12H,3-9H2,1-2H3. The predicted octanol–water partition coefficient (Wildman–Crippen LogP) is 2.63. The molecule has 2 atom stereocenters. The van der Waals surface area contributed by atoms with E-state index in [9.17, 15) is 4.79 Å². The predicted molar refractivity (Wildman–Crippen MR) is 70.1 cm³/mol. The average molecular weight is 249 g/mol. The Kier molecular flexibility index (Phi) is 4.50. The summed E-state index contributed by atoms with van der Waals surface area (Å²) in [5.74, 6) is 2.18. The van der Waals surface area contributed by atoms with Crippen LogP contribution < -0.4 is 0 Å². The van der Waals surface area contributed by atoms with Gasteiger partial charge in [0, 0.05) is 12.5 Å². The lowest BCUT2D eigenvalue weighted by atomic mass is 9.78. The number of rotatable bonds is 5. The highest BCUT2D eigenvalue weighted by atomic mass is 16.1. The molecule has 0 aromatic carbocycles. The molecule has 1 heterocycles. The van der Waals surface area contributed by atoms with Crippen molar-refractivity contribution >= 4 is 5.78 Å². The molecular formula is C14H23N3O. The molecule has 4 heteroatoms. The Morgan fingerprint density at radius 2 is 2.28 bits per heavy atom. The van der Waals surface area contributed by atoms with Crippen molar-refractivity contribution in [2.24, 2.45) is 11.8 Å². The molecule has 0 amide bonds. The molecule has 0 saturated heterocycles. The van der Waals surface area contributed by atoms with E-state index in [1.165, 1.54) is 19.3 Å². The van der Waals surface area contributed by atoms with Crippen LogP contribution in [0.5, 0.6) is 0 Å². The molecule has 1 saturated carbocycles. The van der Waals surface area contributed by atoms with E-state index in [2.05, 4.69) is 17.0 Å². The fourth-order valence-corrected chi connectivity index (χ4v) is 2.94. The maximum Gasteiger partial charge on any atom is 0.143 e. The van der Waals surface area contributed by atoms with E-state index in [1.54, 1.807) is 6.33 Å². The van der Waals surface area contributed by atoms with Crippen LogP contribution in [0.4, 0.5) is 0 Å². The Morgan fingerprint density at radius 3 is 3.00 bits per heavy atom. The summed E-state index contributed by atoms with van der Waals surface area (Å²) in [6.45, 7) is 5.03. The molecule has 1 aromatic rings. The summed E-state index contributed by atoms with van der Waals surface area (Å²) in [7, 11) is 0. The van der Waals surface area contributed by atoms with Gasteiger partial charge in [-0.25, -0.2) is 9.67 Å². The molecule has 1 aliphatic carbocycles. The van der Waals surface area contributed by atoms with E-state index in [1.807, 2.05) is 11.6 Å². The van der Waals surface area contributed by atoms with Gasteiger partial charge < -0.3 is 0 Å². The molecule has 2 rings (SSSR count). The van der Waals surface area contributed by atoms with Gasteiger partial charge in [0.25, 0.3) is 0 Å². The number of hydrogen-bond acceptors (Lipinski definition) is 3. The van der Waals surface area contributed by atoms with Gasteiger partial charge >= 0.3 is 0 Å². The molecule has 0 radical (unpaired) electrons. The van der Waals surface area contributed by atoms with Gasteiger partial charge in [0.05, 0.1) is 6.42 Å². The van der Waals surface area contributed by atoms with E-state index in [0.717, 1.165) is 31.1 Å². The Hall–Kier alpha value is -1.19. The van der Waals surface area contributed by atoms with Crippen molar-refractivity contribution in [2.75, 3.05) is 0 Å². The second-order valence-electron chi connectivity index (χ2n) is 5.27. The quantitative estimate of drug-likeness (QED) is 0.806. The van der Waals surface area contributed by atoms with E-state index >= 15 is 0 Å². The second kappa shape index (κ2) is 6.12. The Bertz CT molecular complexity index is 399. The number of carbonyl (C=O) groups is 1. The zero-order chi connectivity index (χ0) is 13.0. The Labute approximate surface area is 109 Å². The van der Waals surface area contributed by atoms with Crippen LogP contribution in [0.2, 0.25) is 0 Å². The van der Waals surface area contributed by atoms with Crippen molar-refractivity contribution in [3.63, 3.8) is 0 Å². The van der Waals surface area contributed by atoms with Crippen LogP contribution in [0.1, 0.15) is 51.8 Å². The normalized spacial score (nSPS) is 24.1. The van der Waals surface area contributed by atoms with Crippen LogP contribution in [0.15, 0.2) is 6.33 Å². The summed E-state index contributed by atoms with van der Waals surface area (Å²) in [5.41, 5.74) is 0. The van der Waals surface area contributed by atoms with Gasteiger partial charge in [-0.05, 0) is 25.7 Å². The van der Waals surface area contributed by atoms with Crippen LogP contribution in [-0.2, 0) is 17.8 Å². The highest BCUT2D eigenvalue weighted by Crippen LogP contribution is 2.31. The third-order valence-electron chi connectivity index (χ3n) is 4.14. The van der Waals surface area contributed by atoms with E-state index < -0.39 is 0 Å². The maximum atomic E-state index is 12.3. The first-order valence-electron chi connectivity index (χ1n) is 7.14. The Morgan fingerprint density at radius 1 is 1.44 bits per heavy atom. The molecule has 18 heavy (non-hydrogen) atoms. The van der Waals surface area contributed by atoms with E-state index in [0.29, 0.717) is 12.2 Å². The second-order valence-corrected chi connectivity index (χ2v) is 5.27. The van der Waals surface area contributed by atoms with Crippen LogP contribution in [0.25, 0.3) is 0 Å². The van der Waals surface area contributed by atoms with Crippen molar-refractivity contribution < 1.29 is 4.79 Å². The van der Waals surface area contributed by atoms with Crippen molar-refractivity contribution in [1.29, 1.82) is 0 Å². The highest BCUT2D eigenvalue weighted by molar-refractivity contribution is 5.82.